The van der Waals surface area contributed by atoms with Crippen molar-refractivity contribution in [1.82, 2.24) is 15.0 Å². The molecule has 302 valence electrons. The molecule has 0 saturated heterocycles. The van der Waals surface area contributed by atoms with Crippen LogP contribution in [0.2, 0.25) is 0 Å². The standard InChI is InChI=1S/C60H41N3O/c1-60(2)52-21-10-9-19-49(52)50-36-44(31-33-53(50)60)41-27-29-43(30-28-41)58-61-57(42-15-7-4-8-16-42)62-59(63-58)47-18-11-17-46(35-47)48-20-12-22-55-56(48)51-37-45(32-34-54(51)64-55)40-25-23-39(24-26-40)38-13-5-3-6-14-38/h3-37H,1-2H3. The molecule has 0 bridgehead atoms. The third-order valence-electron chi connectivity index (χ3n) is 13.0. The van der Waals surface area contributed by atoms with E-state index in [1.807, 2.05) is 36.4 Å². The summed E-state index contributed by atoms with van der Waals surface area (Å²) in [4.78, 5) is 15.3. The van der Waals surface area contributed by atoms with Crippen LogP contribution in [0.5, 0.6) is 0 Å². The summed E-state index contributed by atoms with van der Waals surface area (Å²) in [6.07, 6.45) is 0. The number of fused-ring (bicyclic) bond motifs is 6. The second-order valence-corrected chi connectivity index (χ2v) is 17.2. The van der Waals surface area contributed by atoms with Gasteiger partial charge in [-0.05, 0) is 97.1 Å². The van der Waals surface area contributed by atoms with Crippen LogP contribution >= 0.6 is 0 Å². The summed E-state index contributed by atoms with van der Waals surface area (Å²) >= 11 is 0. The van der Waals surface area contributed by atoms with Crippen LogP contribution < -0.4 is 0 Å². The van der Waals surface area contributed by atoms with Crippen molar-refractivity contribution >= 4 is 21.9 Å². The lowest BCUT2D eigenvalue weighted by molar-refractivity contribution is 0.660. The summed E-state index contributed by atoms with van der Waals surface area (Å²) in [5.74, 6) is 1.86. The molecule has 11 aromatic rings. The number of furan rings is 1. The number of nitrogens with zero attached hydrogens (tertiary/aromatic N) is 3. The van der Waals surface area contributed by atoms with E-state index >= 15 is 0 Å². The van der Waals surface area contributed by atoms with E-state index in [0.717, 1.165) is 66.4 Å². The fraction of sp³-hybridized carbons (Fsp3) is 0.0500. The number of aromatic nitrogens is 3. The molecular formula is C60H41N3O. The Morgan fingerprint density at radius 1 is 0.312 bits per heavy atom. The molecule has 0 radical (unpaired) electrons. The molecule has 2 aromatic heterocycles. The molecule has 0 unspecified atom stereocenters. The summed E-state index contributed by atoms with van der Waals surface area (Å²) in [6.45, 7) is 4.64. The molecule has 0 fully saturated rings. The normalized spacial score (nSPS) is 12.7. The molecule has 0 amide bonds. The van der Waals surface area contributed by atoms with Gasteiger partial charge in [-0.3, -0.25) is 0 Å². The van der Waals surface area contributed by atoms with Crippen molar-refractivity contribution in [3.8, 4) is 89.8 Å². The first-order chi connectivity index (χ1) is 31.4. The monoisotopic (exact) mass is 819 g/mol. The van der Waals surface area contributed by atoms with Gasteiger partial charge in [0.25, 0.3) is 0 Å². The minimum Gasteiger partial charge on any atom is -0.456 e. The lowest BCUT2D eigenvalue weighted by Crippen LogP contribution is -2.14. The number of hydrogen-bond donors (Lipinski definition) is 0. The van der Waals surface area contributed by atoms with Gasteiger partial charge in [-0.2, -0.15) is 0 Å². The molecule has 4 nitrogen and oxygen atoms in total. The van der Waals surface area contributed by atoms with E-state index in [9.17, 15) is 0 Å². The van der Waals surface area contributed by atoms with E-state index in [-0.39, 0.29) is 5.41 Å². The van der Waals surface area contributed by atoms with E-state index in [1.165, 1.54) is 38.9 Å². The largest absolute Gasteiger partial charge is 0.456 e. The minimum atomic E-state index is -0.0249. The fourth-order valence-electron chi connectivity index (χ4n) is 9.62. The Hall–Kier alpha value is -8.21. The van der Waals surface area contributed by atoms with Gasteiger partial charge in [-0.1, -0.05) is 196 Å². The first-order valence-electron chi connectivity index (χ1n) is 21.8. The van der Waals surface area contributed by atoms with E-state index in [4.69, 9.17) is 19.4 Å². The van der Waals surface area contributed by atoms with Crippen LogP contribution in [-0.4, -0.2) is 15.0 Å². The van der Waals surface area contributed by atoms with Crippen molar-refractivity contribution in [3.05, 3.63) is 223 Å². The van der Waals surface area contributed by atoms with Crippen LogP contribution in [0.3, 0.4) is 0 Å². The highest BCUT2D eigenvalue weighted by Gasteiger charge is 2.35. The third kappa shape index (κ3) is 6.42. The number of hydrogen-bond acceptors (Lipinski definition) is 4. The SMILES string of the molecule is CC1(C)c2ccccc2-c2cc(-c3ccc(-c4nc(-c5ccccc5)nc(-c5cccc(-c6cccc7oc8ccc(-c9ccc(-c%10ccccc%10)cc9)cc8c67)c5)n4)cc3)ccc21. The summed E-state index contributed by atoms with van der Waals surface area (Å²) in [5.41, 5.74) is 19.0. The van der Waals surface area contributed by atoms with Crippen molar-refractivity contribution in [2.45, 2.75) is 19.3 Å². The van der Waals surface area contributed by atoms with Crippen molar-refractivity contribution in [2.75, 3.05) is 0 Å². The van der Waals surface area contributed by atoms with Crippen molar-refractivity contribution in [3.63, 3.8) is 0 Å². The molecule has 1 aliphatic carbocycles. The highest BCUT2D eigenvalue weighted by atomic mass is 16.3. The molecule has 4 heteroatoms. The molecule has 1 aliphatic rings. The first kappa shape index (κ1) is 37.5. The van der Waals surface area contributed by atoms with Crippen molar-refractivity contribution < 1.29 is 4.42 Å². The van der Waals surface area contributed by atoms with Crippen molar-refractivity contribution in [2.24, 2.45) is 0 Å². The molecule has 12 rings (SSSR count). The zero-order valence-corrected chi connectivity index (χ0v) is 35.5. The molecular weight excluding hydrogens is 779 g/mol. The van der Waals surface area contributed by atoms with Crippen LogP contribution in [-0.2, 0) is 5.41 Å². The van der Waals surface area contributed by atoms with Crippen LogP contribution in [0.15, 0.2) is 217 Å². The highest BCUT2D eigenvalue weighted by molar-refractivity contribution is 6.13. The molecule has 0 aliphatic heterocycles. The Balaban J connectivity index is 0.911. The number of benzene rings is 9. The topological polar surface area (TPSA) is 51.8 Å². The van der Waals surface area contributed by atoms with Gasteiger partial charge in [-0.15, -0.1) is 0 Å². The molecule has 0 N–H and O–H groups in total. The third-order valence-corrected chi connectivity index (χ3v) is 13.0. The Morgan fingerprint density at radius 3 is 1.50 bits per heavy atom. The number of rotatable bonds is 7. The Labute approximate surface area is 372 Å². The van der Waals surface area contributed by atoms with E-state index < -0.39 is 0 Å². The predicted octanol–water partition coefficient (Wildman–Crippen LogP) is 15.7. The average molecular weight is 820 g/mol. The molecule has 64 heavy (non-hydrogen) atoms. The second kappa shape index (κ2) is 15.0. The summed E-state index contributed by atoms with van der Waals surface area (Å²) < 4.78 is 6.47. The maximum atomic E-state index is 6.47. The van der Waals surface area contributed by atoms with Gasteiger partial charge in [-0.25, -0.2) is 15.0 Å². The van der Waals surface area contributed by atoms with Crippen LogP contribution in [0.25, 0.3) is 112 Å². The van der Waals surface area contributed by atoms with Gasteiger partial charge < -0.3 is 4.42 Å². The second-order valence-electron chi connectivity index (χ2n) is 17.2. The molecule has 0 saturated carbocycles. The van der Waals surface area contributed by atoms with Gasteiger partial charge in [0.15, 0.2) is 17.5 Å². The average Bonchev–Trinajstić information content (AvgIpc) is 3.85. The highest BCUT2D eigenvalue weighted by Crippen LogP contribution is 2.49. The van der Waals surface area contributed by atoms with E-state index in [2.05, 4.69) is 190 Å². The Bertz CT molecular complexity index is 3550. The van der Waals surface area contributed by atoms with E-state index in [0.29, 0.717) is 17.5 Å². The van der Waals surface area contributed by atoms with Gasteiger partial charge >= 0.3 is 0 Å². The maximum Gasteiger partial charge on any atom is 0.164 e. The predicted molar refractivity (Wildman–Crippen MR) is 263 cm³/mol. The zero-order chi connectivity index (χ0) is 42.8. The van der Waals surface area contributed by atoms with Gasteiger partial charge in [0.1, 0.15) is 11.2 Å². The van der Waals surface area contributed by atoms with Gasteiger partial charge in [0.2, 0.25) is 0 Å². The lowest BCUT2D eigenvalue weighted by Gasteiger charge is -2.21. The smallest absolute Gasteiger partial charge is 0.164 e. The van der Waals surface area contributed by atoms with Crippen LogP contribution in [0, 0.1) is 0 Å². The lowest BCUT2D eigenvalue weighted by atomic mass is 9.82. The minimum absolute atomic E-state index is 0.0249. The van der Waals surface area contributed by atoms with E-state index in [1.54, 1.807) is 0 Å². The quantitative estimate of drug-likeness (QED) is 0.161. The van der Waals surface area contributed by atoms with Gasteiger partial charge in [0.05, 0.1) is 0 Å². The Kier molecular flexibility index (Phi) is 8.80. The van der Waals surface area contributed by atoms with Crippen LogP contribution in [0.4, 0.5) is 0 Å². The summed E-state index contributed by atoms with van der Waals surface area (Å²) in [6, 6.07) is 75.0. The maximum absolute atomic E-state index is 6.47. The Morgan fingerprint density at radius 2 is 0.781 bits per heavy atom. The first-order valence-corrected chi connectivity index (χ1v) is 21.8. The van der Waals surface area contributed by atoms with Crippen molar-refractivity contribution in [1.29, 1.82) is 0 Å². The van der Waals surface area contributed by atoms with Crippen LogP contribution in [0.1, 0.15) is 25.0 Å². The fourth-order valence-corrected chi connectivity index (χ4v) is 9.62. The zero-order valence-electron chi connectivity index (χ0n) is 35.5. The van der Waals surface area contributed by atoms with Gasteiger partial charge in [0, 0.05) is 32.9 Å². The molecule has 2 heterocycles. The molecule has 9 aromatic carbocycles. The summed E-state index contributed by atoms with van der Waals surface area (Å²) in [5, 5.41) is 2.15. The summed E-state index contributed by atoms with van der Waals surface area (Å²) in [7, 11) is 0. The molecule has 0 spiro atoms. The molecule has 0 atom stereocenters.